The fraction of sp³-hybridized carbons (Fsp3) is 0.261. The molecule has 0 radical (unpaired) electrons. The summed E-state index contributed by atoms with van der Waals surface area (Å²) in [6, 6.07) is 14.7. The van der Waals surface area contributed by atoms with E-state index >= 15 is 0 Å². The van der Waals surface area contributed by atoms with E-state index in [4.69, 9.17) is 0 Å². The Hall–Kier alpha value is -3.41. The van der Waals surface area contributed by atoms with Crippen molar-refractivity contribution in [3.05, 3.63) is 70.9 Å². The van der Waals surface area contributed by atoms with Crippen molar-refractivity contribution in [2.45, 2.75) is 33.2 Å². The molecule has 29 heavy (non-hydrogen) atoms. The van der Waals surface area contributed by atoms with Crippen LogP contribution in [0.1, 0.15) is 25.0 Å². The van der Waals surface area contributed by atoms with Crippen molar-refractivity contribution in [3.63, 3.8) is 0 Å². The van der Waals surface area contributed by atoms with Crippen LogP contribution in [0.2, 0.25) is 0 Å². The van der Waals surface area contributed by atoms with Gasteiger partial charge in [0.05, 0.1) is 0 Å². The zero-order chi connectivity index (χ0) is 21.3. The minimum absolute atomic E-state index is 0.00168. The number of hydrogen-bond donors (Lipinski definition) is 2. The molecule has 0 saturated heterocycles. The van der Waals surface area contributed by atoms with Crippen molar-refractivity contribution >= 4 is 29.0 Å². The second-order valence-corrected chi connectivity index (χ2v) is 7.46. The molecule has 1 aliphatic rings. The van der Waals surface area contributed by atoms with Crippen LogP contribution in [0.3, 0.4) is 0 Å². The quantitative estimate of drug-likeness (QED) is 0.618. The number of aryl methyl sites for hydroxylation is 2. The number of hydrogen-bond acceptors (Lipinski definition) is 4. The van der Waals surface area contributed by atoms with Crippen molar-refractivity contribution in [3.8, 4) is 0 Å². The predicted molar refractivity (Wildman–Crippen MR) is 113 cm³/mol. The van der Waals surface area contributed by atoms with Gasteiger partial charge in [-0.05, 0) is 51.0 Å². The van der Waals surface area contributed by atoms with Gasteiger partial charge in [0.25, 0.3) is 11.8 Å². The van der Waals surface area contributed by atoms with Gasteiger partial charge >= 0.3 is 0 Å². The second-order valence-electron chi connectivity index (χ2n) is 7.46. The summed E-state index contributed by atoms with van der Waals surface area (Å²) in [6.45, 7) is 6.97. The maximum Gasteiger partial charge on any atom is 0.261 e. The Balaban J connectivity index is 1.88. The lowest BCUT2D eigenvalue weighted by molar-refractivity contribution is -0.134. The number of benzene rings is 2. The van der Waals surface area contributed by atoms with E-state index in [1.807, 2.05) is 50.2 Å². The average Bonchev–Trinajstić information content (AvgIpc) is 2.86. The van der Waals surface area contributed by atoms with Gasteiger partial charge in [-0.25, -0.2) is 0 Å². The first-order chi connectivity index (χ1) is 13.7. The summed E-state index contributed by atoms with van der Waals surface area (Å²) in [6.07, 6.45) is 0. The highest BCUT2D eigenvalue weighted by Crippen LogP contribution is 2.34. The van der Waals surface area contributed by atoms with Crippen molar-refractivity contribution in [1.82, 2.24) is 4.90 Å². The zero-order valence-electron chi connectivity index (χ0n) is 17.3. The number of carbonyl (C=O) groups is 3. The number of ketones is 1. The van der Waals surface area contributed by atoms with Gasteiger partial charge in [-0.15, -0.1) is 0 Å². The van der Waals surface area contributed by atoms with Gasteiger partial charge in [0.1, 0.15) is 5.57 Å². The van der Waals surface area contributed by atoms with Crippen LogP contribution < -0.4 is 10.6 Å². The largest absolute Gasteiger partial charge is 0.357 e. The van der Waals surface area contributed by atoms with E-state index < -0.39 is 23.1 Å². The Labute approximate surface area is 170 Å². The van der Waals surface area contributed by atoms with Crippen LogP contribution in [0.15, 0.2) is 59.8 Å². The number of carbonyl (C=O) groups excluding carboxylic acids is 3. The number of likely N-dealkylation sites (N-methyl/N-ethyl adjacent to an activating group) is 1. The van der Waals surface area contributed by atoms with E-state index in [9.17, 15) is 14.4 Å². The molecule has 150 valence electrons. The lowest BCUT2D eigenvalue weighted by Gasteiger charge is -2.32. The predicted octanol–water partition coefficient (Wildman–Crippen LogP) is 3.43. The van der Waals surface area contributed by atoms with Crippen LogP contribution in [-0.2, 0) is 14.4 Å². The molecule has 2 aromatic carbocycles. The van der Waals surface area contributed by atoms with Crippen LogP contribution in [0, 0.1) is 13.8 Å². The molecule has 1 heterocycles. The lowest BCUT2D eigenvalue weighted by atomic mass is 9.92. The summed E-state index contributed by atoms with van der Waals surface area (Å²) < 4.78 is 0. The molecule has 6 nitrogen and oxygen atoms in total. The van der Waals surface area contributed by atoms with Gasteiger partial charge in [0.15, 0.2) is 5.54 Å². The van der Waals surface area contributed by atoms with Crippen LogP contribution in [0.25, 0.3) is 0 Å². The molecule has 0 fully saturated rings. The summed E-state index contributed by atoms with van der Waals surface area (Å²) in [5.74, 6) is -1.51. The highest BCUT2D eigenvalue weighted by molar-refractivity contribution is 6.34. The van der Waals surface area contributed by atoms with Crippen molar-refractivity contribution < 1.29 is 14.4 Å². The molecule has 1 aliphatic heterocycles. The van der Waals surface area contributed by atoms with Crippen molar-refractivity contribution in [2.24, 2.45) is 0 Å². The third kappa shape index (κ3) is 3.42. The number of para-hydroxylation sites is 2. The third-order valence-electron chi connectivity index (χ3n) is 5.66. The van der Waals surface area contributed by atoms with Gasteiger partial charge in [0.2, 0.25) is 5.78 Å². The van der Waals surface area contributed by atoms with E-state index in [1.165, 1.54) is 0 Å². The molecule has 0 bridgehead atoms. The summed E-state index contributed by atoms with van der Waals surface area (Å²) in [5, 5.41) is 5.63. The Morgan fingerprint density at radius 2 is 1.34 bits per heavy atom. The SMILES string of the molecule is CC1=C(C(=O)Nc2ccccc2C)C(=O)C(C)(C(=O)Nc2ccccc2C)N1C. The summed E-state index contributed by atoms with van der Waals surface area (Å²) in [4.78, 5) is 40.8. The number of rotatable bonds is 4. The van der Waals surface area contributed by atoms with Gasteiger partial charge in [0, 0.05) is 24.1 Å². The first-order valence-corrected chi connectivity index (χ1v) is 9.41. The molecule has 0 aromatic heterocycles. The maximum absolute atomic E-state index is 13.3. The molecular formula is C23H25N3O3. The van der Waals surface area contributed by atoms with Gasteiger partial charge in [-0.2, -0.15) is 0 Å². The molecular weight excluding hydrogens is 366 g/mol. The van der Waals surface area contributed by atoms with Gasteiger partial charge in [-0.1, -0.05) is 36.4 Å². The first kappa shape index (κ1) is 20.3. The highest BCUT2D eigenvalue weighted by atomic mass is 16.2. The van der Waals surface area contributed by atoms with Crippen molar-refractivity contribution in [1.29, 1.82) is 0 Å². The normalized spacial score (nSPS) is 18.8. The average molecular weight is 391 g/mol. The molecule has 1 unspecified atom stereocenters. The maximum atomic E-state index is 13.3. The number of anilines is 2. The van der Waals surface area contributed by atoms with E-state index in [1.54, 1.807) is 37.9 Å². The van der Waals surface area contributed by atoms with Crippen molar-refractivity contribution in [2.75, 3.05) is 17.7 Å². The van der Waals surface area contributed by atoms with E-state index in [0.29, 0.717) is 17.1 Å². The second kappa shape index (κ2) is 7.54. The molecule has 2 amide bonds. The van der Waals surface area contributed by atoms with Crippen LogP contribution in [0.5, 0.6) is 0 Å². The van der Waals surface area contributed by atoms with Gasteiger partial charge in [-0.3, -0.25) is 14.4 Å². The van der Waals surface area contributed by atoms with E-state index in [-0.39, 0.29) is 5.57 Å². The minimum Gasteiger partial charge on any atom is -0.357 e. The molecule has 0 saturated carbocycles. The van der Waals surface area contributed by atoms with Crippen LogP contribution in [-0.4, -0.2) is 35.1 Å². The monoisotopic (exact) mass is 391 g/mol. The molecule has 0 spiro atoms. The van der Waals surface area contributed by atoms with E-state index in [2.05, 4.69) is 10.6 Å². The molecule has 0 aliphatic carbocycles. The molecule has 2 N–H and O–H groups in total. The number of amides is 2. The lowest BCUT2D eigenvalue weighted by Crippen LogP contribution is -2.54. The minimum atomic E-state index is -1.51. The smallest absolute Gasteiger partial charge is 0.261 e. The molecule has 1 atom stereocenters. The Bertz CT molecular complexity index is 1040. The molecule has 6 heteroatoms. The number of nitrogens with one attached hydrogen (secondary N) is 2. The Morgan fingerprint density at radius 3 is 1.86 bits per heavy atom. The summed E-state index contributed by atoms with van der Waals surface area (Å²) in [7, 11) is 1.65. The Kier molecular flexibility index (Phi) is 5.29. The zero-order valence-corrected chi connectivity index (χ0v) is 17.3. The highest BCUT2D eigenvalue weighted by Gasteiger charge is 2.53. The third-order valence-corrected chi connectivity index (χ3v) is 5.66. The van der Waals surface area contributed by atoms with Gasteiger partial charge < -0.3 is 15.5 Å². The Morgan fingerprint density at radius 1 is 0.862 bits per heavy atom. The van der Waals surface area contributed by atoms with Crippen LogP contribution >= 0.6 is 0 Å². The summed E-state index contributed by atoms with van der Waals surface area (Å²) in [5.41, 5.74) is 1.99. The number of allylic oxidation sites excluding steroid dienone is 1. The van der Waals surface area contributed by atoms with Crippen LogP contribution in [0.4, 0.5) is 11.4 Å². The molecule has 3 rings (SSSR count). The number of Topliss-reactive ketones (excluding diaryl/α,β-unsaturated/α-hetero) is 1. The summed E-state index contributed by atoms with van der Waals surface area (Å²) >= 11 is 0. The standard InChI is InChI=1S/C23H25N3O3/c1-14-10-6-8-12-17(14)24-21(28)19-16(3)26(5)23(4,20(19)27)22(29)25-18-13-9-7-11-15(18)2/h6-13H,1-5H3,(H,24,28)(H,25,29). The number of nitrogens with zero attached hydrogens (tertiary/aromatic N) is 1. The van der Waals surface area contributed by atoms with E-state index in [0.717, 1.165) is 11.1 Å². The topological polar surface area (TPSA) is 78.5 Å². The molecule has 2 aromatic rings. The first-order valence-electron chi connectivity index (χ1n) is 9.41. The fourth-order valence-electron chi connectivity index (χ4n) is 3.44. The fourth-order valence-corrected chi connectivity index (χ4v) is 3.44.